The molecule has 1 aromatic rings. The van der Waals surface area contributed by atoms with Gasteiger partial charge in [0.05, 0.1) is 12.8 Å². The van der Waals surface area contributed by atoms with E-state index in [2.05, 4.69) is 11.8 Å². The Hall–Kier alpha value is -3.24. The number of Topliss-reactive ketones (excluding diaryl/α,β-unsaturated/α-hetero) is 2. The number of likely N-dealkylation sites (tertiary alicyclic amines) is 1. The average molecular weight is 470 g/mol. The summed E-state index contributed by atoms with van der Waals surface area (Å²) in [7, 11) is 1.48. The molecule has 1 amide bonds. The largest absolute Gasteiger partial charge is 0.496 e. The van der Waals surface area contributed by atoms with Crippen LogP contribution in [0.5, 0.6) is 5.75 Å². The van der Waals surface area contributed by atoms with Crippen molar-refractivity contribution in [1.29, 1.82) is 0 Å². The number of carbonyl (C=O) groups excluding carboxylic acids is 3. The predicted molar refractivity (Wildman–Crippen MR) is 126 cm³/mol. The lowest BCUT2D eigenvalue weighted by molar-refractivity contribution is -0.139. The first-order chi connectivity index (χ1) is 15.7. The van der Waals surface area contributed by atoms with Gasteiger partial charge >= 0.3 is 0 Å². The molecule has 4 N–H and O–H groups in total. The summed E-state index contributed by atoms with van der Waals surface area (Å²) < 4.78 is 5.46. The van der Waals surface area contributed by atoms with Crippen LogP contribution >= 0.6 is 11.6 Å². The number of carbonyl (C=O) groups is 3. The molecule has 1 aliphatic heterocycles. The summed E-state index contributed by atoms with van der Waals surface area (Å²) in [6, 6.07) is 3.35. The van der Waals surface area contributed by atoms with Gasteiger partial charge in [-0.2, -0.15) is 0 Å². The Morgan fingerprint density at radius 3 is 2.42 bits per heavy atom. The maximum absolute atomic E-state index is 13.3. The number of allylic oxidation sites excluding steroid dienone is 2. The van der Waals surface area contributed by atoms with E-state index in [9.17, 15) is 14.4 Å². The van der Waals surface area contributed by atoms with Crippen molar-refractivity contribution in [2.24, 2.45) is 16.9 Å². The number of hydrogen-bond donors (Lipinski definition) is 2. The second-order valence-corrected chi connectivity index (χ2v) is 8.87. The smallest absolute Gasteiger partial charge is 0.269 e. The topological polar surface area (TPSA) is 116 Å². The molecule has 0 unspecified atom stereocenters. The highest BCUT2D eigenvalue weighted by molar-refractivity contribution is 6.32. The van der Waals surface area contributed by atoms with Crippen molar-refractivity contribution in [3.8, 4) is 17.6 Å². The highest BCUT2D eigenvalue weighted by Gasteiger charge is 2.48. The highest BCUT2D eigenvalue weighted by atomic mass is 35.5. The highest BCUT2D eigenvalue weighted by Crippen LogP contribution is 2.48. The molecule has 2 fully saturated rings. The van der Waals surface area contributed by atoms with Crippen molar-refractivity contribution < 1.29 is 19.1 Å². The molecule has 7 nitrogen and oxygen atoms in total. The number of nitrogens with two attached hydrogens (primary N) is 2. The molecular weight excluding hydrogens is 442 g/mol. The molecule has 1 aromatic carbocycles. The maximum Gasteiger partial charge on any atom is 0.269 e. The number of methoxy groups -OCH3 is 1. The fourth-order valence-electron chi connectivity index (χ4n) is 4.72. The molecule has 3 rings (SSSR count). The summed E-state index contributed by atoms with van der Waals surface area (Å²) in [4.78, 5) is 40.7. The molecule has 1 saturated carbocycles. The lowest BCUT2D eigenvalue weighted by atomic mass is 9.63. The molecule has 0 bridgehead atoms. The summed E-state index contributed by atoms with van der Waals surface area (Å²) in [5, 5.41) is 0.295. The summed E-state index contributed by atoms with van der Waals surface area (Å²) in [5.41, 5.74) is 11.8. The number of benzene rings is 1. The van der Waals surface area contributed by atoms with Crippen LogP contribution in [-0.4, -0.2) is 42.6 Å². The summed E-state index contributed by atoms with van der Waals surface area (Å²) >= 11 is 6.48. The molecule has 1 saturated heterocycles. The number of piperidine rings is 1. The van der Waals surface area contributed by atoms with E-state index in [0.29, 0.717) is 47.8 Å². The van der Waals surface area contributed by atoms with Gasteiger partial charge in [-0.25, -0.2) is 0 Å². The van der Waals surface area contributed by atoms with Crippen LogP contribution in [0.4, 0.5) is 0 Å². The van der Waals surface area contributed by atoms with Crippen molar-refractivity contribution in [3.05, 3.63) is 52.3 Å². The van der Waals surface area contributed by atoms with Gasteiger partial charge in [-0.15, -0.1) is 5.92 Å². The van der Waals surface area contributed by atoms with Crippen LogP contribution < -0.4 is 16.2 Å². The van der Waals surface area contributed by atoms with E-state index in [0.717, 1.165) is 0 Å². The lowest BCUT2D eigenvalue weighted by Gasteiger charge is -2.44. The standard InChI is InChI=1S/C25H28ClN3O4/c1-3-5-16-12-17(26)22(21(13-16)33-2)23-19(30)14-25(15-20(23)31)7-10-29(11-8-25)24(32)18(28)6-4-9-27/h4,6,9,12-13,23H,7-8,10-11,14-15,27-28H2,1-2H3/b9-4-,18-6-. The molecule has 2 aliphatic rings. The first kappa shape index (κ1) is 24.4. The lowest BCUT2D eigenvalue weighted by Crippen LogP contribution is -2.49. The van der Waals surface area contributed by atoms with E-state index < -0.39 is 11.3 Å². The van der Waals surface area contributed by atoms with E-state index in [-0.39, 0.29) is 36.0 Å². The predicted octanol–water partition coefficient (Wildman–Crippen LogP) is 2.66. The zero-order chi connectivity index (χ0) is 24.2. The fraction of sp³-hybridized carbons (Fsp3) is 0.400. The number of nitrogens with zero attached hydrogens (tertiary/aromatic N) is 1. The Balaban J connectivity index is 1.78. The number of rotatable bonds is 4. The first-order valence-corrected chi connectivity index (χ1v) is 11.1. The summed E-state index contributed by atoms with van der Waals surface area (Å²) in [5.74, 6) is 4.52. The molecule has 1 heterocycles. The maximum atomic E-state index is 13.3. The van der Waals surface area contributed by atoms with Gasteiger partial charge in [-0.3, -0.25) is 14.4 Å². The number of ketones is 2. The SMILES string of the molecule is CC#Cc1cc(Cl)c(C2C(=O)CC3(CCN(C(=O)/C(N)=C/C=C\N)CC3)CC2=O)c(OC)c1. The van der Waals surface area contributed by atoms with Crippen molar-refractivity contribution in [1.82, 2.24) is 4.90 Å². The molecule has 33 heavy (non-hydrogen) atoms. The van der Waals surface area contributed by atoms with E-state index in [1.807, 2.05) is 0 Å². The Morgan fingerprint density at radius 2 is 1.88 bits per heavy atom. The van der Waals surface area contributed by atoms with Gasteiger partial charge in [-0.05, 0) is 55.7 Å². The fourth-order valence-corrected chi connectivity index (χ4v) is 5.04. The normalized spacial score (nSPS) is 19.0. The molecule has 1 spiro atoms. The van der Waals surface area contributed by atoms with Crippen LogP contribution in [0.2, 0.25) is 5.02 Å². The van der Waals surface area contributed by atoms with Gasteiger partial charge in [0.25, 0.3) is 5.91 Å². The van der Waals surface area contributed by atoms with Crippen LogP contribution in [0.15, 0.2) is 36.2 Å². The van der Waals surface area contributed by atoms with Gasteiger partial charge < -0.3 is 21.1 Å². The Bertz CT molecular complexity index is 1070. The zero-order valence-electron chi connectivity index (χ0n) is 18.8. The average Bonchev–Trinajstić information content (AvgIpc) is 2.78. The Labute approximate surface area is 198 Å². The van der Waals surface area contributed by atoms with Crippen LogP contribution in [0.3, 0.4) is 0 Å². The Kier molecular flexibility index (Phi) is 7.50. The summed E-state index contributed by atoms with van der Waals surface area (Å²) in [6.07, 6.45) is 5.87. The van der Waals surface area contributed by atoms with E-state index in [1.165, 1.54) is 25.5 Å². The first-order valence-electron chi connectivity index (χ1n) is 10.7. The van der Waals surface area contributed by atoms with Crippen molar-refractivity contribution >= 4 is 29.1 Å². The molecule has 0 aromatic heterocycles. The molecular formula is C25H28ClN3O4. The van der Waals surface area contributed by atoms with Gasteiger partial charge in [0.15, 0.2) is 0 Å². The Morgan fingerprint density at radius 1 is 1.24 bits per heavy atom. The van der Waals surface area contributed by atoms with Crippen LogP contribution in [0.1, 0.15) is 49.7 Å². The van der Waals surface area contributed by atoms with Crippen molar-refractivity contribution in [3.63, 3.8) is 0 Å². The third kappa shape index (κ3) is 5.07. The van der Waals surface area contributed by atoms with Gasteiger partial charge in [0, 0.05) is 42.1 Å². The monoisotopic (exact) mass is 469 g/mol. The minimum Gasteiger partial charge on any atom is -0.496 e. The van der Waals surface area contributed by atoms with Crippen molar-refractivity contribution in [2.75, 3.05) is 20.2 Å². The third-order valence-electron chi connectivity index (χ3n) is 6.36. The number of hydrogen-bond acceptors (Lipinski definition) is 6. The van der Waals surface area contributed by atoms with Gasteiger partial charge in [0.2, 0.25) is 0 Å². The molecule has 0 radical (unpaired) electrons. The number of ether oxygens (including phenoxy) is 1. The molecule has 174 valence electrons. The molecule has 0 atom stereocenters. The summed E-state index contributed by atoms with van der Waals surface area (Å²) in [6.45, 7) is 2.57. The van der Waals surface area contributed by atoms with E-state index in [4.69, 9.17) is 27.8 Å². The van der Waals surface area contributed by atoms with E-state index >= 15 is 0 Å². The third-order valence-corrected chi connectivity index (χ3v) is 6.67. The minimum absolute atomic E-state index is 0.0986. The quantitative estimate of drug-likeness (QED) is 0.303. The molecule has 1 aliphatic carbocycles. The number of amides is 1. The van der Waals surface area contributed by atoms with Gasteiger partial charge in [0.1, 0.15) is 23.2 Å². The van der Waals surface area contributed by atoms with Crippen LogP contribution in [0.25, 0.3) is 0 Å². The molecule has 8 heteroatoms. The van der Waals surface area contributed by atoms with Crippen molar-refractivity contribution in [2.45, 2.75) is 38.5 Å². The zero-order valence-corrected chi connectivity index (χ0v) is 19.6. The van der Waals surface area contributed by atoms with Gasteiger partial charge in [-0.1, -0.05) is 17.5 Å². The number of halogens is 1. The second kappa shape index (κ2) is 10.1. The van der Waals surface area contributed by atoms with E-state index in [1.54, 1.807) is 24.0 Å². The van der Waals surface area contributed by atoms with Crippen LogP contribution in [0, 0.1) is 17.3 Å². The van der Waals surface area contributed by atoms with Crippen LogP contribution in [-0.2, 0) is 14.4 Å². The second-order valence-electron chi connectivity index (χ2n) is 8.47. The minimum atomic E-state index is -0.956.